The minimum Gasteiger partial charge on any atom is -0.480 e. The van der Waals surface area contributed by atoms with E-state index in [1.807, 2.05) is 0 Å². The fourth-order valence-corrected chi connectivity index (χ4v) is 3.44. The zero-order chi connectivity index (χ0) is 15.0. The van der Waals surface area contributed by atoms with Crippen molar-refractivity contribution in [1.82, 2.24) is 28.9 Å². The summed E-state index contributed by atoms with van der Waals surface area (Å²) in [5, 5.41) is 20.0. The summed E-state index contributed by atoms with van der Waals surface area (Å²) in [6, 6.07) is 0. The summed E-state index contributed by atoms with van der Waals surface area (Å²) >= 11 is 0. The second-order valence-electron chi connectivity index (χ2n) is 4.55. The third kappa shape index (κ3) is 2.52. The Morgan fingerprint density at radius 1 is 1.38 bits per heavy atom. The van der Waals surface area contributed by atoms with Gasteiger partial charge in [-0.15, -0.1) is 10.2 Å². The molecule has 11 heteroatoms. The Morgan fingerprint density at radius 2 is 2.19 bits per heavy atom. The van der Waals surface area contributed by atoms with Gasteiger partial charge in [-0.3, -0.25) is 9.48 Å². The SMILES string of the molecule is O=C(O)Cn1cc(S(=O)(=O)N2CCn3cnnc3C2)cn1. The summed E-state index contributed by atoms with van der Waals surface area (Å²) in [5.41, 5.74) is 0. The van der Waals surface area contributed by atoms with Crippen molar-refractivity contribution in [2.24, 2.45) is 0 Å². The van der Waals surface area contributed by atoms with E-state index < -0.39 is 16.0 Å². The predicted molar refractivity (Wildman–Crippen MR) is 67.5 cm³/mol. The molecule has 3 heterocycles. The van der Waals surface area contributed by atoms with Crippen LogP contribution in [0.4, 0.5) is 0 Å². The Labute approximate surface area is 119 Å². The van der Waals surface area contributed by atoms with E-state index in [4.69, 9.17) is 5.11 Å². The molecule has 2 aromatic rings. The van der Waals surface area contributed by atoms with Crippen LogP contribution in [-0.2, 0) is 34.5 Å². The van der Waals surface area contributed by atoms with Gasteiger partial charge in [0.2, 0.25) is 10.0 Å². The van der Waals surface area contributed by atoms with Crippen molar-refractivity contribution in [3.63, 3.8) is 0 Å². The smallest absolute Gasteiger partial charge is 0.325 e. The lowest BCUT2D eigenvalue weighted by Crippen LogP contribution is -2.38. The largest absolute Gasteiger partial charge is 0.480 e. The fraction of sp³-hybridized carbons (Fsp3) is 0.400. The third-order valence-electron chi connectivity index (χ3n) is 3.15. The number of hydrogen-bond acceptors (Lipinski definition) is 6. The Balaban J connectivity index is 1.84. The van der Waals surface area contributed by atoms with Crippen LogP contribution < -0.4 is 0 Å². The van der Waals surface area contributed by atoms with Gasteiger partial charge in [-0.05, 0) is 0 Å². The zero-order valence-corrected chi connectivity index (χ0v) is 11.6. The highest BCUT2D eigenvalue weighted by Gasteiger charge is 2.30. The molecule has 0 unspecified atom stereocenters. The molecule has 1 aliphatic heterocycles. The Bertz CT molecular complexity index is 779. The molecule has 0 spiro atoms. The van der Waals surface area contributed by atoms with E-state index in [1.165, 1.54) is 10.5 Å². The highest BCUT2D eigenvalue weighted by molar-refractivity contribution is 7.89. The Hall–Kier alpha value is -2.27. The quantitative estimate of drug-likeness (QED) is 0.749. The molecule has 1 aliphatic rings. The normalized spacial score (nSPS) is 15.8. The molecule has 10 nitrogen and oxygen atoms in total. The number of nitrogens with zero attached hydrogens (tertiary/aromatic N) is 6. The maximum Gasteiger partial charge on any atom is 0.325 e. The van der Waals surface area contributed by atoms with Gasteiger partial charge in [0, 0.05) is 19.3 Å². The molecule has 0 aromatic carbocycles. The van der Waals surface area contributed by atoms with Gasteiger partial charge in [0.15, 0.2) is 0 Å². The summed E-state index contributed by atoms with van der Waals surface area (Å²) in [6.07, 6.45) is 3.92. The summed E-state index contributed by atoms with van der Waals surface area (Å²) in [7, 11) is -3.72. The second-order valence-corrected chi connectivity index (χ2v) is 6.48. The maximum atomic E-state index is 12.5. The zero-order valence-electron chi connectivity index (χ0n) is 10.8. The average Bonchev–Trinajstić information content (AvgIpc) is 3.05. The second kappa shape index (κ2) is 4.93. The number of rotatable bonds is 4. The molecule has 0 radical (unpaired) electrons. The van der Waals surface area contributed by atoms with E-state index in [1.54, 1.807) is 10.9 Å². The van der Waals surface area contributed by atoms with Gasteiger partial charge < -0.3 is 9.67 Å². The summed E-state index contributed by atoms with van der Waals surface area (Å²) < 4.78 is 29.1. The summed E-state index contributed by atoms with van der Waals surface area (Å²) in [5.74, 6) is -0.518. The molecule has 0 bridgehead atoms. The lowest BCUT2D eigenvalue weighted by molar-refractivity contribution is -0.137. The van der Waals surface area contributed by atoms with Crippen LogP contribution in [0.3, 0.4) is 0 Å². The molecular formula is C10H12N6O4S. The van der Waals surface area contributed by atoms with Crippen LogP contribution >= 0.6 is 0 Å². The number of carboxylic acid groups (broad SMARTS) is 1. The molecule has 2 aromatic heterocycles. The monoisotopic (exact) mass is 312 g/mol. The van der Waals surface area contributed by atoms with Gasteiger partial charge >= 0.3 is 5.97 Å². The number of aromatic nitrogens is 5. The highest BCUT2D eigenvalue weighted by atomic mass is 32.2. The van der Waals surface area contributed by atoms with Crippen LogP contribution in [0.25, 0.3) is 0 Å². The van der Waals surface area contributed by atoms with Crippen LogP contribution in [-0.4, -0.2) is 54.9 Å². The number of sulfonamides is 1. The average molecular weight is 312 g/mol. The number of carbonyl (C=O) groups is 1. The lowest BCUT2D eigenvalue weighted by Gasteiger charge is -2.25. The van der Waals surface area contributed by atoms with E-state index >= 15 is 0 Å². The van der Waals surface area contributed by atoms with E-state index in [9.17, 15) is 13.2 Å². The van der Waals surface area contributed by atoms with Crippen molar-refractivity contribution in [2.75, 3.05) is 6.54 Å². The molecule has 0 saturated heterocycles. The van der Waals surface area contributed by atoms with Gasteiger partial charge in [-0.25, -0.2) is 8.42 Å². The van der Waals surface area contributed by atoms with Gasteiger partial charge in [0.05, 0.1) is 12.7 Å². The highest BCUT2D eigenvalue weighted by Crippen LogP contribution is 2.20. The first-order valence-corrected chi connectivity index (χ1v) is 7.52. The number of hydrogen-bond donors (Lipinski definition) is 1. The van der Waals surface area contributed by atoms with Crippen molar-refractivity contribution < 1.29 is 18.3 Å². The van der Waals surface area contributed by atoms with Crippen LogP contribution in [0.5, 0.6) is 0 Å². The fourth-order valence-electron chi connectivity index (χ4n) is 2.10. The standard InChI is InChI=1S/C10H12N6O4S/c17-10(18)6-15-4-8(3-12-15)21(19,20)16-2-1-14-7-11-13-9(14)5-16/h3-4,7H,1-2,5-6H2,(H,17,18). The molecule has 0 saturated carbocycles. The Kier molecular flexibility index (Phi) is 3.22. The topological polar surface area (TPSA) is 123 Å². The van der Waals surface area contributed by atoms with Gasteiger partial charge in [0.25, 0.3) is 0 Å². The van der Waals surface area contributed by atoms with Crippen molar-refractivity contribution in [3.8, 4) is 0 Å². The molecule has 112 valence electrons. The number of fused-ring (bicyclic) bond motifs is 1. The van der Waals surface area contributed by atoms with Crippen LogP contribution in [0.1, 0.15) is 5.82 Å². The number of aliphatic carboxylic acids is 1. The minimum atomic E-state index is -3.72. The van der Waals surface area contributed by atoms with E-state index in [0.717, 1.165) is 10.9 Å². The van der Waals surface area contributed by atoms with E-state index in [-0.39, 0.29) is 18.0 Å². The summed E-state index contributed by atoms with van der Waals surface area (Å²) in [6.45, 7) is 0.526. The molecular weight excluding hydrogens is 300 g/mol. The third-order valence-corrected chi connectivity index (χ3v) is 4.95. The maximum absolute atomic E-state index is 12.5. The van der Waals surface area contributed by atoms with E-state index in [0.29, 0.717) is 18.9 Å². The first-order chi connectivity index (χ1) is 9.96. The molecule has 21 heavy (non-hydrogen) atoms. The molecule has 3 rings (SSSR count). The molecule has 0 aliphatic carbocycles. The van der Waals surface area contributed by atoms with Crippen LogP contribution in [0.2, 0.25) is 0 Å². The van der Waals surface area contributed by atoms with Gasteiger partial charge in [0.1, 0.15) is 23.6 Å². The molecule has 0 amide bonds. The van der Waals surface area contributed by atoms with E-state index in [2.05, 4.69) is 15.3 Å². The molecule has 0 fully saturated rings. The predicted octanol–water partition coefficient (Wildman–Crippen LogP) is -1.24. The first-order valence-electron chi connectivity index (χ1n) is 6.08. The van der Waals surface area contributed by atoms with Crippen molar-refractivity contribution in [3.05, 3.63) is 24.5 Å². The first kappa shape index (κ1) is 13.7. The van der Waals surface area contributed by atoms with Crippen molar-refractivity contribution in [1.29, 1.82) is 0 Å². The number of carboxylic acids is 1. The van der Waals surface area contributed by atoms with Crippen molar-refractivity contribution >= 4 is 16.0 Å². The van der Waals surface area contributed by atoms with Crippen molar-refractivity contribution in [2.45, 2.75) is 24.5 Å². The van der Waals surface area contributed by atoms with Crippen LogP contribution in [0, 0.1) is 0 Å². The summed E-state index contributed by atoms with van der Waals surface area (Å²) in [4.78, 5) is 10.6. The molecule has 1 N–H and O–H groups in total. The minimum absolute atomic E-state index is 0.0308. The molecule has 0 atom stereocenters. The lowest BCUT2D eigenvalue weighted by atomic mass is 10.4. The van der Waals surface area contributed by atoms with Gasteiger partial charge in [-0.2, -0.15) is 9.40 Å². The van der Waals surface area contributed by atoms with Gasteiger partial charge in [-0.1, -0.05) is 0 Å². The van der Waals surface area contributed by atoms with Crippen LogP contribution in [0.15, 0.2) is 23.6 Å². The Morgan fingerprint density at radius 3 is 2.95 bits per heavy atom.